The maximum absolute atomic E-state index is 12.7. The first-order valence-electron chi connectivity index (χ1n) is 8.71. The second-order valence-electron chi connectivity index (χ2n) is 6.47. The molecule has 5 rings (SSSR count). The van der Waals surface area contributed by atoms with E-state index in [0.29, 0.717) is 16.3 Å². The van der Waals surface area contributed by atoms with Crippen LogP contribution in [0.5, 0.6) is 5.75 Å². The average Bonchev–Trinajstić information content (AvgIpc) is 3.24. The summed E-state index contributed by atoms with van der Waals surface area (Å²) in [5.41, 5.74) is 3.38. The van der Waals surface area contributed by atoms with Gasteiger partial charge in [0.2, 0.25) is 5.78 Å². The number of fused-ring (bicyclic) bond motifs is 2. The molecule has 0 amide bonds. The number of ether oxygens (including phenoxy) is 1. The summed E-state index contributed by atoms with van der Waals surface area (Å²) in [6.45, 7) is 0. The molecule has 0 bridgehead atoms. The van der Waals surface area contributed by atoms with Gasteiger partial charge in [0.15, 0.2) is 5.65 Å². The molecule has 0 unspecified atom stereocenters. The summed E-state index contributed by atoms with van der Waals surface area (Å²) >= 11 is 1.44. The lowest BCUT2D eigenvalue weighted by atomic mass is 10.00. The van der Waals surface area contributed by atoms with Crippen LogP contribution in [0.4, 0.5) is 0 Å². The Morgan fingerprint density at radius 2 is 1.79 bits per heavy atom. The van der Waals surface area contributed by atoms with Crippen molar-refractivity contribution in [1.82, 2.24) is 9.55 Å². The predicted molar refractivity (Wildman–Crippen MR) is 108 cm³/mol. The standard InChI is InChI=1S/C22H14N2O3S/c1-24-16(13-7-3-2-4-8-13)12-18-21(24)23-19(28-18)11-15-20(25)14-9-5-6-10-17(14)27-22(15)26/h2-12H,1H3/b15-11-. The van der Waals surface area contributed by atoms with Gasteiger partial charge < -0.3 is 9.30 Å². The Morgan fingerprint density at radius 1 is 1.04 bits per heavy atom. The molecule has 0 fully saturated rings. The number of Topliss-reactive ketones (excluding diaryl/α,β-unsaturated/α-hetero) is 1. The molecular weight excluding hydrogens is 372 g/mol. The smallest absolute Gasteiger partial charge is 0.347 e. The normalized spacial score (nSPS) is 15.1. The van der Waals surface area contributed by atoms with Gasteiger partial charge in [-0.25, -0.2) is 9.78 Å². The number of ketones is 1. The van der Waals surface area contributed by atoms with Crippen molar-refractivity contribution in [2.75, 3.05) is 0 Å². The Bertz CT molecular complexity index is 1280. The molecule has 136 valence electrons. The number of esters is 1. The molecule has 0 saturated carbocycles. The largest absolute Gasteiger partial charge is 0.422 e. The van der Waals surface area contributed by atoms with Crippen molar-refractivity contribution < 1.29 is 14.3 Å². The molecule has 0 radical (unpaired) electrons. The van der Waals surface area contributed by atoms with E-state index in [1.165, 1.54) is 17.4 Å². The minimum Gasteiger partial charge on any atom is -0.422 e. The Morgan fingerprint density at radius 3 is 2.57 bits per heavy atom. The van der Waals surface area contributed by atoms with Gasteiger partial charge in [0.25, 0.3) is 0 Å². The number of benzene rings is 2. The minimum absolute atomic E-state index is 0.000962. The summed E-state index contributed by atoms with van der Waals surface area (Å²) in [5.74, 6) is -0.685. The molecule has 1 aliphatic heterocycles. The molecule has 1 aliphatic rings. The van der Waals surface area contributed by atoms with Crippen molar-refractivity contribution in [3.63, 3.8) is 0 Å². The van der Waals surface area contributed by atoms with E-state index >= 15 is 0 Å². The van der Waals surface area contributed by atoms with Crippen molar-refractivity contribution in [1.29, 1.82) is 0 Å². The average molecular weight is 386 g/mol. The number of thiazole rings is 1. The number of carbonyl (C=O) groups excluding carboxylic acids is 2. The molecule has 28 heavy (non-hydrogen) atoms. The number of hydrogen-bond acceptors (Lipinski definition) is 5. The molecular formula is C22H14N2O3S. The van der Waals surface area contributed by atoms with E-state index in [0.717, 1.165) is 21.6 Å². The molecule has 0 atom stereocenters. The van der Waals surface area contributed by atoms with Gasteiger partial charge in [-0.1, -0.05) is 42.5 Å². The molecule has 6 heteroatoms. The minimum atomic E-state index is -0.645. The quantitative estimate of drug-likeness (QED) is 0.220. The monoisotopic (exact) mass is 386 g/mol. The molecule has 2 aromatic carbocycles. The highest BCUT2D eigenvalue weighted by atomic mass is 32.1. The number of hydrogen-bond donors (Lipinski definition) is 0. The number of para-hydroxylation sites is 1. The maximum Gasteiger partial charge on any atom is 0.347 e. The second kappa shape index (κ2) is 6.28. The summed E-state index contributed by atoms with van der Waals surface area (Å²) < 4.78 is 8.29. The van der Waals surface area contributed by atoms with Gasteiger partial charge in [-0.15, -0.1) is 11.3 Å². The summed E-state index contributed by atoms with van der Waals surface area (Å²) in [5, 5.41) is 0.597. The van der Waals surface area contributed by atoms with Crippen molar-refractivity contribution in [2.45, 2.75) is 0 Å². The van der Waals surface area contributed by atoms with Crippen molar-refractivity contribution in [3.05, 3.63) is 76.8 Å². The fraction of sp³-hybridized carbons (Fsp3) is 0.0455. The number of aromatic nitrogens is 2. The summed E-state index contributed by atoms with van der Waals surface area (Å²) in [7, 11) is 1.96. The number of carbonyl (C=O) groups is 2. The van der Waals surface area contributed by atoms with Gasteiger partial charge in [-0.05, 0) is 29.8 Å². The van der Waals surface area contributed by atoms with Crippen LogP contribution in [0.25, 0.3) is 27.7 Å². The number of nitrogens with zero attached hydrogens (tertiary/aromatic N) is 2. The van der Waals surface area contributed by atoms with Crippen molar-refractivity contribution >= 4 is 39.5 Å². The van der Waals surface area contributed by atoms with E-state index in [4.69, 9.17) is 4.74 Å². The zero-order valence-electron chi connectivity index (χ0n) is 14.9. The van der Waals surface area contributed by atoms with Gasteiger partial charge >= 0.3 is 5.97 Å². The van der Waals surface area contributed by atoms with Gasteiger partial charge in [0.05, 0.1) is 16.0 Å². The van der Waals surface area contributed by atoms with Gasteiger partial charge in [-0.2, -0.15) is 0 Å². The van der Waals surface area contributed by atoms with E-state index in [2.05, 4.69) is 23.2 Å². The van der Waals surface area contributed by atoms with E-state index in [9.17, 15) is 9.59 Å². The van der Waals surface area contributed by atoms with E-state index < -0.39 is 5.97 Å². The van der Waals surface area contributed by atoms with Crippen LogP contribution in [0.1, 0.15) is 15.4 Å². The molecule has 0 spiro atoms. The summed E-state index contributed by atoms with van der Waals surface area (Å²) in [6.07, 6.45) is 1.52. The topological polar surface area (TPSA) is 61.2 Å². The highest BCUT2D eigenvalue weighted by Gasteiger charge is 2.30. The van der Waals surface area contributed by atoms with Crippen LogP contribution in [0.2, 0.25) is 0 Å². The third kappa shape index (κ3) is 2.58. The first-order chi connectivity index (χ1) is 13.6. The SMILES string of the molecule is Cn1c(-c2ccccc2)cc2sc(/C=C3\C(=O)Oc4ccccc4C3=O)nc21. The van der Waals surface area contributed by atoms with Crippen LogP contribution in [0.3, 0.4) is 0 Å². The first kappa shape index (κ1) is 16.6. The van der Waals surface area contributed by atoms with Crippen LogP contribution >= 0.6 is 11.3 Å². The Labute approximate surface area is 164 Å². The van der Waals surface area contributed by atoms with Gasteiger partial charge in [0, 0.05) is 7.05 Å². The van der Waals surface area contributed by atoms with Crippen LogP contribution in [0.15, 0.2) is 66.2 Å². The van der Waals surface area contributed by atoms with E-state index in [1.54, 1.807) is 24.3 Å². The Balaban J connectivity index is 1.56. The fourth-order valence-electron chi connectivity index (χ4n) is 3.34. The van der Waals surface area contributed by atoms with Crippen LogP contribution in [-0.4, -0.2) is 21.3 Å². The van der Waals surface area contributed by atoms with Crippen LogP contribution in [-0.2, 0) is 11.8 Å². The van der Waals surface area contributed by atoms with Gasteiger partial charge in [-0.3, -0.25) is 4.79 Å². The lowest BCUT2D eigenvalue weighted by Crippen LogP contribution is -2.24. The lowest BCUT2D eigenvalue weighted by molar-refractivity contribution is -0.130. The van der Waals surface area contributed by atoms with E-state index in [-0.39, 0.29) is 11.4 Å². The zero-order chi connectivity index (χ0) is 19.3. The molecule has 0 N–H and O–H groups in total. The van der Waals surface area contributed by atoms with Crippen LogP contribution in [0, 0.1) is 0 Å². The number of aryl methyl sites for hydroxylation is 1. The Hall–Kier alpha value is -3.51. The highest BCUT2D eigenvalue weighted by Crippen LogP contribution is 2.33. The van der Waals surface area contributed by atoms with E-state index in [1.807, 2.05) is 29.8 Å². The fourth-order valence-corrected chi connectivity index (χ4v) is 4.32. The molecule has 4 aromatic rings. The first-order valence-corrected chi connectivity index (χ1v) is 9.53. The molecule has 0 aliphatic carbocycles. The summed E-state index contributed by atoms with van der Waals surface area (Å²) in [6, 6.07) is 18.9. The third-order valence-corrected chi connectivity index (χ3v) is 5.67. The van der Waals surface area contributed by atoms with Crippen LogP contribution < -0.4 is 4.74 Å². The molecule has 3 heterocycles. The Kier molecular flexibility index (Phi) is 3.74. The van der Waals surface area contributed by atoms with Gasteiger partial charge in [0.1, 0.15) is 16.3 Å². The van der Waals surface area contributed by atoms with Crippen molar-refractivity contribution in [2.24, 2.45) is 7.05 Å². The second-order valence-corrected chi connectivity index (χ2v) is 7.53. The predicted octanol–water partition coefficient (Wildman–Crippen LogP) is 4.49. The number of rotatable bonds is 2. The van der Waals surface area contributed by atoms with Crippen molar-refractivity contribution in [3.8, 4) is 17.0 Å². The lowest BCUT2D eigenvalue weighted by Gasteiger charge is -2.15. The molecule has 5 nitrogen and oxygen atoms in total. The highest BCUT2D eigenvalue weighted by molar-refractivity contribution is 7.19. The zero-order valence-corrected chi connectivity index (χ0v) is 15.7. The maximum atomic E-state index is 12.7. The molecule has 2 aromatic heterocycles. The summed E-state index contributed by atoms with van der Waals surface area (Å²) in [4.78, 5) is 29.6. The third-order valence-electron chi connectivity index (χ3n) is 4.73. The molecule has 0 saturated heterocycles.